The number of nitrogens with zero attached hydrogens (tertiary/aromatic N) is 1. The van der Waals surface area contributed by atoms with Crippen molar-refractivity contribution in [2.75, 3.05) is 18.8 Å². The molecule has 1 aliphatic heterocycles. The fraction of sp³-hybridized carbons (Fsp3) is 0.609. The molecule has 1 saturated heterocycles. The van der Waals surface area contributed by atoms with Gasteiger partial charge in [0.15, 0.2) is 0 Å². The molecule has 2 aliphatic rings. The zero-order chi connectivity index (χ0) is 22.6. The van der Waals surface area contributed by atoms with Crippen LogP contribution in [0.2, 0.25) is 5.02 Å². The Morgan fingerprint density at radius 1 is 1.26 bits per heavy atom. The molecular weight excluding hydrogens is 434 g/mol. The van der Waals surface area contributed by atoms with Crippen LogP contribution in [0.1, 0.15) is 52.9 Å². The summed E-state index contributed by atoms with van der Waals surface area (Å²) in [4.78, 5) is 40.0. The van der Waals surface area contributed by atoms with Crippen molar-refractivity contribution in [3.63, 3.8) is 0 Å². The van der Waals surface area contributed by atoms with Crippen LogP contribution < -0.4 is 10.6 Å². The molecule has 170 valence electrons. The Balaban J connectivity index is 1.46. The monoisotopic (exact) mass is 465 g/mol. The number of halogens is 1. The maximum atomic E-state index is 13.0. The molecule has 0 aromatic heterocycles. The minimum atomic E-state index is -0.831. The van der Waals surface area contributed by atoms with E-state index in [1.54, 1.807) is 11.8 Å². The van der Waals surface area contributed by atoms with Crippen LogP contribution in [0.3, 0.4) is 0 Å². The van der Waals surface area contributed by atoms with E-state index in [9.17, 15) is 14.4 Å². The van der Waals surface area contributed by atoms with Crippen molar-refractivity contribution in [3.8, 4) is 0 Å². The first-order valence-electron chi connectivity index (χ1n) is 11.0. The van der Waals surface area contributed by atoms with Crippen LogP contribution in [0.5, 0.6) is 0 Å². The topological polar surface area (TPSA) is 78.5 Å². The fourth-order valence-corrected chi connectivity index (χ4v) is 5.32. The molecule has 0 unspecified atom stereocenters. The van der Waals surface area contributed by atoms with Gasteiger partial charge in [0.25, 0.3) is 5.91 Å². The van der Waals surface area contributed by atoms with Crippen LogP contribution in [0.4, 0.5) is 4.79 Å². The first-order chi connectivity index (χ1) is 14.7. The van der Waals surface area contributed by atoms with Gasteiger partial charge in [0.05, 0.1) is 0 Å². The first kappa shape index (κ1) is 23.9. The predicted octanol–water partition coefficient (Wildman–Crippen LogP) is 4.47. The van der Waals surface area contributed by atoms with E-state index in [4.69, 9.17) is 11.6 Å². The second kappa shape index (κ2) is 9.82. The lowest BCUT2D eigenvalue weighted by Gasteiger charge is -2.42. The summed E-state index contributed by atoms with van der Waals surface area (Å²) in [5, 5.41) is 6.39. The molecule has 0 bridgehead atoms. The van der Waals surface area contributed by atoms with Crippen LogP contribution in [-0.2, 0) is 9.59 Å². The number of rotatable bonds is 8. The largest absolute Gasteiger partial charge is 0.354 e. The number of thioether (sulfide) groups is 1. The first-order valence-corrected chi connectivity index (χ1v) is 12.3. The molecule has 31 heavy (non-hydrogen) atoms. The number of amides is 4. The lowest BCUT2D eigenvalue weighted by atomic mass is 9.65. The van der Waals surface area contributed by atoms with E-state index < -0.39 is 11.6 Å². The Kier molecular flexibility index (Phi) is 7.58. The SMILES string of the molecule is CCC(C)(C)C1CCC2(CC1)NC(=O)N(CC(=O)NCCSc1ccc(Cl)cc1)C2=O. The van der Waals surface area contributed by atoms with Gasteiger partial charge in [-0.05, 0) is 61.3 Å². The van der Waals surface area contributed by atoms with Crippen LogP contribution >= 0.6 is 23.4 Å². The zero-order valence-corrected chi connectivity index (χ0v) is 20.1. The van der Waals surface area contributed by atoms with Gasteiger partial charge in [-0.3, -0.25) is 14.5 Å². The van der Waals surface area contributed by atoms with Crippen molar-refractivity contribution in [1.29, 1.82) is 0 Å². The summed E-state index contributed by atoms with van der Waals surface area (Å²) in [5.41, 5.74) is -0.598. The Morgan fingerprint density at radius 3 is 2.52 bits per heavy atom. The van der Waals surface area contributed by atoms with Gasteiger partial charge < -0.3 is 10.6 Å². The molecule has 1 saturated carbocycles. The molecule has 1 spiro atoms. The van der Waals surface area contributed by atoms with Gasteiger partial charge in [-0.25, -0.2) is 4.79 Å². The minimum Gasteiger partial charge on any atom is -0.354 e. The molecule has 3 rings (SSSR count). The second-order valence-electron chi connectivity index (χ2n) is 9.17. The van der Waals surface area contributed by atoms with Gasteiger partial charge in [0.2, 0.25) is 5.91 Å². The van der Waals surface area contributed by atoms with Crippen molar-refractivity contribution < 1.29 is 14.4 Å². The number of hydrogen-bond donors (Lipinski definition) is 2. The Hall–Kier alpha value is -1.73. The van der Waals surface area contributed by atoms with Gasteiger partial charge in [-0.1, -0.05) is 38.8 Å². The third-order valence-corrected chi connectivity index (χ3v) is 8.18. The molecule has 1 heterocycles. The molecule has 8 heteroatoms. The molecule has 1 aromatic carbocycles. The molecule has 2 N–H and O–H groups in total. The van der Waals surface area contributed by atoms with E-state index in [0.29, 0.717) is 36.1 Å². The number of nitrogens with one attached hydrogen (secondary N) is 2. The van der Waals surface area contributed by atoms with Crippen molar-refractivity contribution >= 4 is 41.2 Å². The highest BCUT2D eigenvalue weighted by molar-refractivity contribution is 7.99. The van der Waals surface area contributed by atoms with Crippen LogP contribution in [-0.4, -0.2) is 47.1 Å². The quantitative estimate of drug-likeness (QED) is 0.337. The summed E-state index contributed by atoms with van der Waals surface area (Å²) in [5.74, 6) is 0.656. The normalized spacial score (nSPS) is 23.9. The fourth-order valence-electron chi connectivity index (χ4n) is 4.43. The third-order valence-electron chi connectivity index (χ3n) is 6.91. The van der Waals surface area contributed by atoms with Gasteiger partial charge >= 0.3 is 6.03 Å². The van der Waals surface area contributed by atoms with Gasteiger partial charge in [-0.2, -0.15) is 0 Å². The molecule has 1 aliphatic carbocycles. The molecular formula is C23H32ClN3O3S. The summed E-state index contributed by atoms with van der Waals surface area (Å²) >= 11 is 7.48. The Bertz CT molecular complexity index is 820. The van der Waals surface area contributed by atoms with Crippen LogP contribution in [0.25, 0.3) is 0 Å². The predicted molar refractivity (Wildman–Crippen MR) is 124 cm³/mol. The summed E-state index contributed by atoms with van der Waals surface area (Å²) < 4.78 is 0. The van der Waals surface area contributed by atoms with E-state index in [1.165, 1.54) is 0 Å². The number of benzene rings is 1. The number of carbonyl (C=O) groups excluding carboxylic acids is 3. The highest BCUT2D eigenvalue weighted by atomic mass is 35.5. The van der Waals surface area contributed by atoms with Crippen molar-refractivity contribution in [1.82, 2.24) is 15.5 Å². The average molecular weight is 466 g/mol. The maximum Gasteiger partial charge on any atom is 0.325 e. The average Bonchev–Trinajstić information content (AvgIpc) is 2.97. The van der Waals surface area contributed by atoms with E-state index >= 15 is 0 Å². The van der Waals surface area contributed by atoms with E-state index in [1.807, 2.05) is 24.3 Å². The van der Waals surface area contributed by atoms with Gasteiger partial charge in [0, 0.05) is 22.2 Å². The summed E-state index contributed by atoms with van der Waals surface area (Å²) in [6, 6.07) is 7.05. The number of hydrogen-bond acceptors (Lipinski definition) is 4. The smallest absolute Gasteiger partial charge is 0.325 e. The maximum absolute atomic E-state index is 13.0. The summed E-state index contributed by atoms with van der Waals surface area (Å²) in [6.45, 7) is 6.96. The van der Waals surface area contributed by atoms with Crippen molar-refractivity contribution in [2.24, 2.45) is 11.3 Å². The van der Waals surface area contributed by atoms with Gasteiger partial charge in [0.1, 0.15) is 12.1 Å². The van der Waals surface area contributed by atoms with Crippen molar-refractivity contribution in [3.05, 3.63) is 29.3 Å². The minimum absolute atomic E-state index is 0.233. The Morgan fingerprint density at radius 2 is 1.90 bits per heavy atom. The lowest BCUT2D eigenvalue weighted by Crippen LogP contribution is -2.51. The molecule has 6 nitrogen and oxygen atoms in total. The summed E-state index contributed by atoms with van der Waals surface area (Å²) in [7, 11) is 0. The molecule has 2 fully saturated rings. The van der Waals surface area contributed by atoms with E-state index in [2.05, 4.69) is 31.4 Å². The molecule has 4 amide bonds. The third kappa shape index (κ3) is 5.55. The lowest BCUT2D eigenvalue weighted by molar-refractivity contribution is -0.136. The summed E-state index contributed by atoms with van der Waals surface area (Å²) in [6.07, 6.45) is 4.19. The Labute approximate surface area is 193 Å². The van der Waals surface area contributed by atoms with Crippen molar-refractivity contribution in [2.45, 2.75) is 63.3 Å². The van der Waals surface area contributed by atoms with Crippen LogP contribution in [0, 0.1) is 11.3 Å². The van der Waals surface area contributed by atoms with E-state index in [0.717, 1.165) is 29.1 Å². The van der Waals surface area contributed by atoms with Crippen LogP contribution in [0.15, 0.2) is 29.2 Å². The number of urea groups is 1. The molecule has 1 aromatic rings. The zero-order valence-electron chi connectivity index (χ0n) is 18.5. The molecule has 0 radical (unpaired) electrons. The van der Waals surface area contributed by atoms with Gasteiger partial charge in [-0.15, -0.1) is 11.8 Å². The highest BCUT2D eigenvalue weighted by Gasteiger charge is 2.53. The molecule has 0 atom stereocenters. The number of imide groups is 1. The standard InChI is InChI=1S/C23H32ClN3O3S/c1-4-22(2,3)16-9-11-23(12-10-16)20(29)27(21(30)26-23)15-19(28)25-13-14-31-18-7-5-17(24)6-8-18/h5-8,16H,4,9-15H2,1-3H3,(H,25,28)(H,26,30). The highest BCUT2D eigenvalue weighted by Crippen LogP contribution is 2.45. The second-order valence-corrected chi connectivity index (χ2v) is 10.8. The van der Waals surface area contributed by atoms with E-state index in [-0.39, 0.29) is 23.8 Å². The number of carbonyl (C=O) groups is 3.